The number of carbonyl (C=O) groups excluding carboxylic acids is 2. The Kier molecular flexibility index (Phi) is 8.15. The van der Waals surface area contributed by atoms with Gasteiger partial charge in [0.15, 0.2) is 16.6 Å². The maximum atomic E-state index is 13.7. The highest BCUT2D eigenvalue weighted by Gasteiger charge is 2.44. The van der Waals surface area contributed by atoms with Gasteiger partial charge < -0.3 is 24.4 Å². The summed E-state index contributed by atoms with van der Waals surface area (Å²) in [6.07, 6.45) is -0.121. The molecule has 0 aromatic heterocycles. The van der Waals surface area contributed by atoms with Gasteiger partial charge in [0, 0.05) is 6.54 Å². The number of para-hydroxylation sites is 1. The predicted octanol–water partition coefficient (Wildman–Crippen LogP) is 4.90. The minimum absolute atomic E-state index is 0.121. The zero-order valence-corrected chi connectivity index (χ0v) is 22.1. The molecule has 1 aliphatic rings. The van der Waals surface area contributed by atoms with Crippen molar-refractivity contribution >= 4 is 52.1 Å². The van der Waals surface area contributed by atoms with Gasteiger partial charge in [-0.1, -0.05) is 29.8 Å². The number of hydrogen-bond donors (Lipinski definition) is 1. The molecule has 1 aliphatic heterocycles. The van der Waals surface area contributed by atoms with Crippen molar-refractivity contribution in [1.29, 1.82) is 0 Å². The number of carbonyl (C=O) groups is 2. The number of thiocarbonyl (C=S) groups is 1. The molecule has 37 heavy (non-hydrogen) atoms. The van der Waals surface area contributed by atoms with E-state index < -0.39 is 6.04 Å². The first-order chi connectivity index (χ1) is 17.9. The number of nitrogens with zero attached hydrogens (tertiary/aromatic N) is 2. The monoisotopic (exact) mass is 539 g/mol. The van der Waals surface area contributed by atoms with Crippen LogP contribution < -0.4 is 24.4 Å². The van der Waals surface area contributed by atoms with E-state index in [0.29, 0.717) is 38.8 Å². The lowest BCUT2D eigenvalue weighted by Crippen LogP contribution is -2.37. The quantitative estimate of drug-likeness (QED) is 0.387. The summed E-state index contributed by atoms with van der Waals surface area (Å²) in [6, 6.07) is 18.6. The Morgan fingerprint density at radius 2 is 1.68 bits per heavy atom. The number of halogens is 1. The van der Waals surface area contributed by atoms with Gasteiger partial charge in [-0.05, 0) is 66.3 Å². The summed E-state index contributed by atoms with van der Waals surface area (Å²) in [7, 11) is 4.68. The molecule has 4 rings (SSSR count). The van der Waals surface area contributed by atoms with Crippen LogP contribution in [0.4, 0.5) is 11.4 Å². The standard InChI is InChI=1S/C27H26ClN3O5S/c1-34-19-11-9-18(10-12-19)31-26(33)22(15-25(32)29-21-7-5-4-6-20(21)28)30(27(31)37)16-17-8-13-23(35-2)24(14-17)36-3/h4-14,22H,15-16H2,1-3H3,(H,29,32). The van der Waals surface area contributed by atoms with Gasteiger partial charge >= 0.3 is 0 Å². The van der Waals surface area contributed by atoms with Crippen LogP contribution in [0.3, 0.4) is 0 Å². The Hall–Kier alpha value is -3.82. The van der Waals surface area contributed by atoms with Gasteiger partial charge in [-0.25, -0.2) is 0 Å². The molecular formula is C27H26ClN3O5S. The van der Waals surface area contributed by atoms with Crippen molar-refractivity contribution in [2.24, 2.45) is 0 Å². The van der Waals surface area contributed by atoms with Gasteiger partial charge in [-0.15, -0.1) is 0 Å². The second-order valence-corrected chi connectivity index (χ2v) is 8.99. The Balaban J connectivity index is 1.64. The first-order valence-electron chi connectivity index (χ1n) is 11.4. The number of methoxy groups -OCH3 is 3. The number of hydrogen-bond acceptors (Lipinski definition) is 6. The molecule has 0 aliphatic carbocycles. The Labute approximate surface area is 225 Å². The maximum absolute atomic E-state index is 13.7. The number of rotatable bonds is 9. The third kappa shape index (κ3) is 5.63. The van der Waals surface area contributed by atoms with E-state index in [-0.39, 0.29) is 24.8 Å². The van der Waals surface area contributed by atoms with Crippen LogP contribution >= 0.6 is 23.8 Å². The van der Waals surface area contributed by atoms with Crippen molar-refractivity contribution in [3.05, 3.63) is 77.3 Å². The molecule has 10 heteroatoms. The third-order valence-electron chi connectivity index (χ3n) is 5.98. The molecule has 0 saturated carbocycles. The molecule has 2 amide bonds. The van der Waals surface area contributed by atoms with Crippen molar-refractivity contribution < 1.29 is 23.8 Å². The van der Waals surface area contributed by atoms with Crippen molar-refractivity contribution in [3.8, 4) is 17.2 Å². The molecule has 0 radical (unpaired) electrons. The fourth-order valence-electron chi connectivity index (χ4n) is 4.10. The Morgan fingerprint density at radius 3 is 2.32 bits per heavy atom. The van der Waals surface area contributed by atoms with Crippen LogP contribution in [0.1, 0.15) is 12.0 Å². The predicted molar refractivity (Wildman–Crippen MR) is 147 cm³/mol. The molecule has 1 unspecified atom stereocenters. The highest BCUT2D eigenvalue weighted by molar-refractivity contribution is 7.80. The second-order valence-electron chi connectivity index (χ2n) is 8.22. The molecule has 1 saturated heterocycles. The average Bonchev–Trinajstić information content (AvgIpc) is 3.13. The molecule has 1 fully saturated rings. The maximum Gasteiger partial charge on any atom is 0.256 e. The first-order valence-corrected chi connectivity index (χ1v) is 12.2. The summed E-state index contributed by atoms with van der Waals surface area (Å²) >= 11 is 12.0. The van der Waals surface area contributed by atoms with Crippen molar-refractivity contribution in [1.82, 2.24) is 4.90 Å². The van der Waals surface area contributed by atoms with Crippen molar-refractivity contribution in [2.75, 3.05) is 31.5 Å². The third-order valence-corrected chi connectivity index (χ3v) is 6.72. The van der Waals surface area contributed by atoms with Gasteiger partial charge in [-0.2, -0.15) is 0 Å². The minimum Gasteiger partial charge on any atom is -0.497 e. The summed E-state index contributed by atoms with van der Waals surface area (Å²) in [5.74, 6) is 1.13. The zero-order chi connectivity index (χ0) is 26.5. The molecule has 1 atom stereocenters. The van der Waals surface area contributed by atoms with E-state index in [1.165, 1.54) is 4.90 Å². The van der Waals surface area contributed by atoms with Crippen LogP contribution in [-0.2, 0) is 16.1 Å². The van der Waals surface area contributed by atoms with E-state index in [1.54, 1.807) is 80.8 Å². The Bertz CT molecular complexity index is 1320. The van der Waals surface area contributed by atoms with Gasteiger partial charge in [-0.3, -0.25) is 14.5 Å². The van der Waals surface area contributed by atoms with E-state index in [1.807, 2.05) is 12.1 Å². The van der Waals surface area contributed by atoms with Crippen LogP contribution in [0.25, 0.3) is 0 Å². The highest BCUT2D eigenvalue weighted by Crippen LogP contribution is 2.33. The molecule has 192 valence electrons. The number of benzene rings is 3. The van der Waals surface area contributed by atoms with Crippen LogP contribution in [-0.4, -0.2) is 49.2 Å². The summed E-state index contributed by atoms with van der Waals surface area (Å²) in [5.41, 5.74) is 1.89. The summed E-state index contributed by atoms with van der Waals surface area (Å²) in [5, 5.41) is 3.50. The van der Waals surface area contributed by atoms with Gasteiger partial charge in [0.1, 0.15) is 11.8 Å². The lowest BCUT2D eigenvalue weighted by Gasteiger charge is -2.24. The van der Waals surface area contributed by atoms with Crippen molar-refractivity contribution in [3.63, 3.8) is 0 Å². The molecule has 8 nitrogen and oxygen atoms in total. The van der Waals surface area contributed by atoms with Crippen LogP contribution in [0.2, 0.25) is 5.02 Å². The minimum atomic E-state index is -0.829. The van der Waals surface area contributed by atoms with E-state index in [2.05, 4.69) is 5.32 Å². The molecule has 0 bridgehead atoms. The number of ether oxygens (including phenoxy) is 3. The molecule has 1 N–H and O–H groups in total. The van der Waals surface area contributed by atoms with Crippen molar-refractivity contribution in [2.45, 2.75) is 19.0 Å². The van der Waals surface area contributed by atoms with Gasteiger partial charge in [0.25, 0.3) is 5.91 Å². The van der Waals surface area contributed by atoms with E-state index in [9.17, 15) is 9.59 Å². The topological polar surface area (TPSA) is 80.3 Å². The fourth-order valence-corrected chi connectivity index (χ4v) is 4.67. The van der Waals surface area contributed by atoms with Gasteiger partial charge in [0.05, 0.1) is 44.1 Å². The van der Waals surface area contributed by atoms with E-state index in [0.717, 1.165) is 5.56 Å². The summed E-state index contributed by atoms with van der Waals surface area (Å²) in [4.78, 5) is 29.9. The fraction of sp³-hybridized carbons (Fsp3) is 0.222. The largest absolute Gasteiger partial charge is 0.497 e. The van der Waals surface area contributed by atoms with Crippen LogP contribution in [0.15, 0.2) is 66.7 Å². The number of nitrogens with one attached hydrogen (secondary N) is 1. The molecule has 3 aromatic rings. The SMILES string of the molecule is COc1ccc(N2C(=O)C(CC(=O)Nc3ccccc3Cl)N(Cc3ccc(OC)c(OC)c3)C2=S)cc1. The van der Waals surface area contributed by atoms with Crippen LogP contribution in [0.5, 0.6) is 17.2 Å². The lowest BCUT2D eigenvalue weighted by molar-refractivity contribution is -0.124. The second kappa shape index (κ2) is 11.5. The van der Waals surface area contributed by atoms with E-state index in [4.69, 9.17) is 38.0 Å². The lowest BCUT2D eigenvalue weighted by atomic mass is 10.1. The number of amides is 2. The van der Waals surface area contributed by atoms with E-state index >= 15 is 0 Å². The molecular weight excluding hydrogens is 514 g/mol. The highest BCUT2D eigenvalue weighted by atomic mass is 35.5. The zero-order valence-electron chi connectivity index (χ0n) is 20.6. The van der Waals surface area contributed by atoms with Gasteiger partial charge in [0.2, 0.25) is 5.91 Å². The molecule has 1 heterocycles. The summed E-state index contributed by atoms with van der Waals surface area (Å²) in [6.45, 7) is 0.279. The van der Waals surface area contributed by atoms with Crippen LogP contribution in [0, 0.1) is 0 Å². The normalized spacial score (nSPS) is 15.1. The molecule has 0 spiro atoms. The smallest absolute Gasteiger partial charge is 0.256 e. The molecule has 3 aromatic carbocycles. The number of anilines is 2. The first kappa shape index (κ1) is 26.2. The Morgan fingerprint density at radius 1 is 0.973 bits per heavy atom. The average molecular weight is 540 g/mol. The summed E-state index contributed by atoms with van der Waals surface area (Å²) < 4.78 is 16.0.